The lowest BCUT2D eigenvalue weighted by atomic mass is 10.1. The minimum Gasteiger partial charge on any atom is -0.347 e. The molecule has 0 saturated heterocycles. The summed E-state index contributed by atoms with van der Waals surface area (Å²) in [6.07, 6.45) is 1.62. The Bertz CT molecular complexity index is 354. The number of carbonyl (C=O) groups is 1. The Morgan fingerprint density at radius 3 is 2.81 bits per heavy atom. The number of rotatable bonds is 5. The summed E-state index contributed by atoms with van der Waals surface area (Å²) in [5.74, 6) is -0.0983. The second kappa shape index (κ2) is 6.23. The minimum absolute atomic E-state index is 0.0343. The zero-order valence-electron chi connectivity index (χ0n) is 9.50. The number of carbonyl (C=O) groups excluding carboxylic acids is 1. The summed E-state index contributed by atoms with van der Waals surface area (Å²) in [7, 11) is 0. The molecule has 0 aliphatic carbocycles. The van der Waals surface area contributed by atoms with Gasteiger partial charge in [-0.3, -0.25) is 4.79 Å². The van der Waals surface area contributed by atoms with Gasteiger partial charge in [0.2, 0.25) is 5.91 Å². The predicted molar refractivity (Wildman–Crippen MR) is 68.8 cm³/mol. The lowest BCUT2D eigenvalue weighted by Gasteiger charge is -2.15. The van der Waals surface area contributed by atoms with Gasteiger partial charge in [0.15, 0.2) is 0 Å². The fourth-order valence-corrected chi connectivity index (χ4v) is 2.46. The Kier molecular flexibility index (Phi) is 5.25. The van der Waals surface area contributed by atoms with E-state index < -0.39 is 6.04 Å². The highest BCUT2D eigenvalue weighted by molar-refractivity contribution is 7.16. The van der Waals surface area contributed by atoms with E-state index in [2.05, 4.69) is 5.32 Å². The highest BCUT2D eigenvalue weighted by Crippen LogP contribution is 2.26. The van der Waals surface area contributed by atoms with Crippen molar-refractivity contribution in [2.75, 3.05) is 0 Å². The first kappa shape index (κ1) is 13.5. The number of halogens is 1. The van der Waals surface area contributed by atoms with E-state index in [1.165, 1.54) is 11.3 Å². The van der Waals surface area contributed by atoms with E-state index in [4.69, 9.17) is 17.3 Å². The first-order valence-corrected chi connectivity index (χ1v) is 6.55. The zero-order valence-corrected chi connectivity index (χ0v) is 11.1. The average Bonchev–Trinajstić information content (AvgIpc) is 2.65. The molecular weight excluding hydrogens is 244 g/mol. The quantitative estimate of drug-likeness (QED) is 0.855. The van der Waals surface area contributed by atoms with Crippen LogP contribution in [0.1, 0.15) is 37.6 Å². The normalized spacial score (nSPS) is 14.5. The smallest absolute Gasteiger partial charge is 0.237 e. The van der Waals surface area contributed by atoms with Gasteiger partial charge in [-0.1, -0.05) is 24.9 Å². The van der Waals surface area contributed by atoms with Crippen molar-refractivity contribution in [2.24, 2.45) is 5.73 Å². The average molecular weight is 261 g/mol. The summed E-state index contributed by atoms with van der Waals surface area (Å²) in [5, 5.41) is 2.88. The number of hydrogen-bond acceptors (Lipinski definition) is 3. The maximum Gasteiger partial charge on any atom is 0.237 e. The van der Waals surface area contributed by atoms with Crippen molar-refractivity contribution < 1.29 is 4.79 Å². The Morgan fingerprint density at radius 1 is 1.62 bits per heavy atom. The molecule has 0 fully saturated rings. The van der Waals surface area contributed by atoms with E-state index in [1.807, 2.05) is 26.0 Å². The Labute approximate surface area is 105 Å². The van der Waals surface area contributed by atoms with Gasteiger partial charge in [-0.15, -0.1) is 11.3 Å². The van der Waals surface area contributed by atoms with Crippen LogP contribution >= 0.6 is 22.9 Å². The molecule has 0 radical (unpaired) electrons. The number of nitrogens with one attached hydrogen (secondary N) is 1. The molecule has 0 bridgehead atoms. The van der Waals surface area contributed by atoms with Crippen molar-refractivity contribution in [3.05, 3.63) is 21.3 Å². The van der Waals surface area contributed by atoms with Crippen LogP contribution in [0.4, 0.5) is 0 Å². The minimum atomic E-state index is -0.414. The summed E-state index contributed by atoms with van der Waals surface area (Å²) < 4.78 is 0.731. The summed E-state index contributed by atoms with van der Waals surface area (Å²) in [5.41, 5.74) is 5.72. The summed E-state index contributed by atoms with van der Waals surface area (Å²) >= 11 is 7.31. The van der Waals surface area contributed by atoms with Crippen molar-refractivity contribution in [2.45, 2.75) is 38.8 Å². The Hall–Kier alpha value is -0.580. The van der Waals surface area contributed by atoms with Crippen molar-refractivity contribution in [3.63, 3.8) is 0 Å². The number of nitrogens with two attached hydrogens (primary N) is 1. The van der Waals surface area contributed by atoms with Gasteiger partial charge < -0.3 is 11.1 Å². The molecule has 1 aromatic heterocycles. The molecule has 3 N–H and O–H groups in total. The van der Waals surface area contributed by atoms with Crippen LogP contribution in [0.3, 0.4) is 0 Å². The van der Waals surface area contributed by atoms with Gasteiger partial charge >= 0.3 is 0 Å². The molecule has 5 heteroatoms. The third kappa shape index (κ3) is 3.77. The van der Waals surface area contributed by atoms with Crippen molar-refractivity contribution in [1.29, 1.82) is 0 Å². The Balaban J connectivity index is 2.51. The third-order valence-electron chi connectivity index (χ3n) is 2.32. The topological polar surface area (TPSA) is 55.1 Å². The summed E-state index contributed by atoms with van der Waals surface area (Å²) in [4.78, 5) is 12.7. The van der Waals surface area contributed by atoms with E-state index in [0.717, 1.165) is 15.6 Å². The molecule has 1 aromatic rings. The van der Waals surface area contributed by atoms with Gasteiger partial charge in [0.25, 0.3) is 0 Å². The standard InChI is InChI=1S/C11H17ClN2OS/c1-3-4-8(13)11(15)14-7(2)9-5-6-10(12)16-9/h5-8H,3-4,13H2,1-2H3,(H,14,15)/t7-,8-/m0/s1. The molecule has 0 aliphatic rings. The zero-order chi connectivity index (χ0) is 12.1. The molecule has 0 aromatic carbocycles. The predicted octanol–water partition coefficient (Wildman–Crippen LogP) is 2.71. The van der Waals surface area contributed by atoms with E-state index in [1.54, 1.807) is 0 Å². The van der Waals surface area contributed by atoms with Crippen LogP contribution in [0.25, 0.3) is 0 Å². The van der Waals surface area contributed by atoms with Gasteiger partial charge in [-0.2, -0.15) is 0 Å². The van der Waals surface area contributed by atoms with Crippen molar-refractivity contribution >= 4 is 28.8 Å². The van der Waals surface area contributed by atoms with Crippen molar-refractivity contribution in [3.8, 4) is 0 Å². The van der Waals surface area contributed by atoms with Gasteiger partial charge in [0, 0.05) is 4.88 Å². The highest BCUT2D eigenvalue weighted by atomic mass is 35.5. The van der Waals surface area contributed by atoms with Crippen LogP contribution in [-0.4, -0.2) is 11.9 Å². The number of hydrogen-bond donors (Lipinski definition) is 2. The SMILES string of the molecule is CCC[C@H](N)C(=O)N[C@@H](C)c1ccc(Cl)s1. The first-order valence-electron chi connectivity index (χ1n) is 5.35. The first-order chi connectivity index (χ1) is 7.54. The maximum absolute atomic E-state index is 11.7. The molecule has 1 amide bonds. The van der Waals surface area contributed by atoms with Crippen LogP contribution < -0.4 is 11.1 Å². The van der Waals surface area contributed by atoms with Crippen LogP contribution in [0.15, 0.2) is 12.1 Å². The molecule has 0 saturated carbocycles. The van der Waals surface area contributed by atoms with E-state index in [-0.39, 0.29) is 11.9 Å². The van der Waals surface area contributed by atoms with E-state index in [9.17, 15) is 4.79 Å². The molecule has 0 spiro atoms. The number of amides is 1. The van der Waals surface area contributed by atoms with Crippen LogP contribution in [0.2, 0.25) is 4.34 Å². The third-order valence-corrected chi connectivity index (χ3v) is 3.73. The molecule has 0 aliphatic heterocycles. The highest BCUT2D eigenvalue weighted by Gasteiger charge is 2.16. The maximum atomic E-state index is 11.7. The molecule has 3 nitrogen and oxygen atoms in total. The molecule has 1 rings (SSSR count). The largest absolute Gasteiger partial charge is 0.347 e. The second-order valence-corrected chi connectivity index (χ2v) is 5.51. The van der Waals surface area contributed by atoms with Crippen molar-refractivity contribution in [1.82, 2.24) is 5.32 Å². The lowest BCUT2D eigenvalue weighted by molar-refractivity contribution is -0.123. The number of thiophene rings is 1. The molecule has 2 atom stereocenters. The van der Waals surface area contributed by atoms with Gasteiger partial charge in [-0.05, 0) is 25.5 Å². The Morgan fingerprint density at radius 2 is 2.31 bits per heavy atom. The molecule has 1 heterocycles. The monoisotopic (exact) mass is 260 g/mol. The van der Waals surface area contributed by atoms with E-state index >= 15 is 0 Å². The molecule has 90 valence electrons. The molecular formula is C11H17ClN2OS. The van der Waals surface area contributed by atoms with Gasteiger partial charge in [0.05, 0.1) is 16.4 Å². The van der Waals surface area contributed by atoms with Crippen LogP contribution in [0.5, 0.6) is 0 Å². The molecule has 0 unspecified atom stereocenters. The fraction of sp³-hybridized carbons (Fsp3) is 0.545. The van der Waals surface area contributed by atoms with Gasteiger partial charge in [-0.25, -0.2) is 0 Å². The molecule has 16 heavy (non-hydrogen) atoms. The van der Waals surface area contributed by atoms with Crippen LogP contribution in [0, 0.1) is 0 Å². The van der Waals surface area contributed by atoms with E-state index in [0.29, 0.717) is 6.42 Å². The summed E-state index contributed by atoms with van der Waals surface area (Å²) in [6, 6.07) is 3.30. The van der Waals surface area contributed by atoms with Crippen LogP contribution in [-0.2, 0) is 4.79 Å². The fourth-order valence-electron chi connectivity index (χ4n) is 1.39. The summed E-state index contributed by atoms with van der Waals surface area (Å²) in [6.45, 7) is 3.94. The second-order valence-electron chi connectivity index (χ2n) is 3.77. The lowest BCUT2D eigenvalue weighted by Crippen LogP contribution is -2.41. The van der Waals surface area contributed by atoms with Gasteiger partial charge in [0.1, 0.15) is 0 Å².